The number of likely N-dealkylation sites (tertiary alicyclic amines) is 1. The van der Waals surface area contributed by atoms with Gasteiger partial charge in [-0.2, -0.15) is 0 Å². The van der Waals surface area contributed by atoms with E-state index >= 15 is 0 Å². The number of piperazine rings is 1. The van der Waals surface area contributed by atoms with E-state index in [-0.39, 0.29) is 11.8 Å². The number of carbonyl (C=O) groups is 2. The van der Waals surface area contributed by atoms with Gasteiger partial charge in [-0.05, 0) is 28.1 Å². The average Bonchev–Trinajstić information content (AvgIpc) is 3.36. The molecule has 3 aromatic rings. The predicted molar refractivity (Wildman–Crippen MR) is 112 cm³/mol. The third-order valence-corrected chi connectivity index (χ3v) is 6.75. The minimum Gasteiger partial charge on any atom is -0.334 e. The van der Waals surface area contributed by atoms with E-state index in [1.165, 1.54) is 11.3 Å². The first kappa shape index (κ1) is 18.7. The summed E-state index contributed by atoms with van der Waals surface area (Å²) in [5.41, 5.74) is 1.23. The van der Waals surface area contributed by atoms with Crippen LogP contribution in [0.4, 0.5) is 0 Å². The maximum absolute atomic E-state index is 12.7. The normalized spacial score (nSPS) is 18.2. The molecule has 0 N–H and O–H groups in total. The number of nitrogens with zero attached hydrogens (tertiary/aromatic N) is 6. The SMILES string of the molecule is O=C(c1cn2cc(Br)ccc2n1)N1CC(N2CCN(C(=O)c3nccs3)CC2)C1. The van der Waals surface area contributed by atoms with Crippen molar-refractivity contribution in [3.05, 3.63) is 51.3 Å². The molecule has 2 amide bonds. The molecule has 0 atom stereocenters. The van der Waals surface area contributed by atoms with Crippen molar-refractivity contribution in [1.29, 1.82) is 0 Å². The van der Waals surface area contributed by atoms with Gasteiger partial charge in [0.1, 0.15) is 11.3 Å². The molecule has 0 bridgehead atoms. The predicted octanol–water partition coefficient (Wildman–Crippen LogP) is 1.84. The zero-order valence-corrected chi connectivity index (χ0v) is 18.0. The van der Waals surface area contributed by atoms with Crippen LogP contribution in [0.3, 0.4) is 0 Å². The lowest BCUT2D eigenvalue weighted by Crippen LogP contribution is -2.64. The van der Waals surface area contributed by atoms with Gasteiger partial charge in [0.05, 0.1) is 0 Å². The molecular weight excluding hydrogens is 456 g/mol. The lowest BCUT2D eigenvalue weighted by Gasteiger charge is -2.47. The summed E-state index contributed by atoms with van der Waals surface area (Å²) < 4.78 is 2.80. The molecule has 2 fully saturated rings. The molecule has 2 aliphatic rings. The second kappa shape index (κ2) is 7.51. The Bertz CT molecular complexity index is 1050. The summed E-state index contributed by atoms with van der Waals surface area (Å²) in [4.78, 5) is 39.8. The van der Waals surface area contributed by atoms with Crippen LogP contribution in [0, 0.1) is 0 Å². The summed E-state index contributed by atoms with van der Waals surface area (Å²) >= 11 is 4.81. The van der Waals surface area contributed by atoms with Crippen molar-refractivity contribution in [3.63, 3.8) is 0 Å². The lowest BCUT2D eigenvalue weighted by atomic mass is 10.1. The molecule has 2 aliphatic heterocycles. The van der Waals surface area contributed by atoms with E-state index in [1.54, 1.807) is 12.4 Å². The molecule has 150 valence electrons. The van der Waals surface area contributed by atoms with Crippen LogP contribution in [-0.2, 0) is 0 Å². The van der Waals surface area contributed by atoms with Gasteiger partial charge in [0.2, 0.25) is 0 Å². The third-order valence-electron chi connectivity index (χ3n) is 5.52. The molecule has 8 nitrogen and oxygen atoms in total. The first-order chi connectivity index (χ1) is 14.1. The van der Waals surface area contributed by atoms with E-state index in [9.17, 15) is 9.59 Å². The smallest absolute Gasteiger partial charge is 0.282 e. The van der Waals surface area contributed by atoms with Gasteiger partial charge in [0.25, 0.3) is 11.8 Å². The fraction of sp³-hybridized carbons (Fsp3) is 0.368. The van der Waals surface area contributed by atoms with E-state index in [0.29, 0.717) is 42.9 Å². The van der Waals surface area contributed by atoms with E-state index in [4.69, 9.17) is 0 Å². The minimum atomic E-state index is -0.0290. The second-order valence-electron chi connectivity index (χ2n) is 7.27. The summed E-state index contributed by atoms with van der Waals surface area (Å²) in [7, 11) is 0. The van der Waals surface area contributed by atoms with Crippen LogP contribution in [0.5, 0.6) is 0 Å². The Morgan fingerprint density at radius 3 is 2.55 bits per heavy atom. The summed E-state index contributed by atoms with van der Waals surface area (Å²) in [5.74, 6) is -0.0118. The van der Waals surface area contributed by atoms with Crippen LogP contribution < -0.4 is 0 Å². The van der Waals surface area contributed by atoms with Gasteiger partial charge >= 0.3 is 0 Å². The average molecular weight is 475 g/mol. The Kier molecular flexibility index (Phi) is 4.84. The van der Waals surface area contributed by atoms with Crippen molar-refractivity contribution in [2.24, 2.45) is 0 Å². The number of thiazole rings is 1. The number of rotatable bonds is 3. The van der Waals surface area contributed by atoms with Gasteiger partial charge in [-0.3, -0.25) is 14.5 Å². The number of hydrogen-bond acceptors (Lipinski definition) is 6. The number of pyridine rings is 1. The molecule has 10 heteroatoms. The summed E-state index contributed by atoms with van der Waals surface area (Å²) in [5, 5.41) is 2.38. The van der Waals surface area contributed by atoms with Crippen molar-refractivity contribution < 1.29 is 9.59 Å². The van der Waals surface area contributed by atoms with Crippen LogP contribution in [0.25, 0.3) is 5.65 Å². The van der Waals surface area contributed by atoms with Crippen molar-refractivity contribution >= 4 is 44.7 Å². The zero-order valence-electron chi connectivity index (χ0n) is 15.6. The molecule has 5 heterocycles. The highest BCUT2D eigenvalue weighted by molar-refractivity contribution is 9.10. The highest BCUT2D eigenvalue weighted by Crippen LogP contribution is 2.21. The van der Waals surface area contributed by atoms with E-state index in [0.717, 1.165) is 23.2 Å². The number of fused-ring (bicyclic) bond motifs is 1. The highest BCUT2D eigenvalue weighted by atomic mass is 79.9. The van der Waals surface area contributed by atoms with Crippen molar-refractivity contribution in [2.45, 2.75) is 6.04 Å². The minimum absolute atomic E-state index is 0.0172. The molecule has 0 aliphatic carbocycles. The summed E-state index contributed by atoms with van der Waals surface area (Å²) in [6.45, 7) is 4.46. The molecule has 2 saturated heterocycles. The Morgan fingerprint density at radius 1 is 1.03 bits per heavy atom. The zero-order chi connectivity index (χ0) is 20.0. The Morgan fingerprint density at radius 2 is 1.83 bits per heavy atom. The van der Waals surface area contributed by atoms with Crippen LogP contribution >= 0.6 is 27.3 Å². The van der Waals surface area contributed by atoms with Gasteiger partial charge in [-0.1, -0.05) is 0 Å². The van der Waals surface area contributed by atoms with E-state index in [2.05, 4.69) is 30.8 Å². The number of amides is 2. The molecule has 0 unspecified atom stereocenters. The van der Waals surface area contributed by atoms with Crippen LogP contribution in [0.1, 0.15) is 20.3 Å². The van der Waals surface area contributed by atoms with Gasteiger partial charge in [0, 0.05) is 73.8 Å². The fourth-order valence-electron chi connectivity index (χ4n) is 3.84. The largest absolute Gasteiger partial charge is 0.334 e. The van der Waals surface area contributed by atoms with Crippen molar-refractivity contribution in [2.75, 3.05) is 39.3 Å². The van der Waals surface area contributed by atoms with Gasteiger partial charge in [0.15, 0.2) is 5.01 Å². The maximum Gasteiger partial charge on any atom is 0.282 e. The van der Waals surface area contributed by atoms with Crippen molar-refractivity contribution in [3.8, 4) is 0 Å². The molecule has 29 heavy (non-hydrogen) atoms. The molecule has 3 aromatic heterocycles. The quantitative estimate of drug-likeness (QED) is 0.578. The van der Waals surface area contributed by atoms with Crippen molar-refractivity contribution in [1.82, 2.24) is 29.1 Å². The second-order valence-corrected chi connectivity index (χ2v) is 9.08. The van der Waals surface area contributed by atoms with Gasteiger partial charge in [-0.25, -0.2) is 9.97 Å². The van der Waals surface area contributed by atoms with Crippen LogP contribution in [0.15, 0.2) is 40.6 Å². The monoisotopic (exact) mass is 474 g/mol. The number of aromatic nitrogens is 3. The molecule has 0 saturated carbocycles. The maximum atomic E-state index is 12.7. The summed E-state index contributed by atoms with van der Waals surface area (Å²) in [6, 6.07) is 4.14. The molecule has 0 radical (unpaired) electrons. The first-order valence-electron chi connectivity index (χ1n) is 9.45. The fourth-order valence-corrected chi connectivity index (χ4v) is 4.79. The topological polar surface area (TPSA) is 74.1 Å². The Labute approximate surface area is 179 Å². The van der Waals surface area contributed by atoms with Crippen LogP contribution in [0.2, 0.25) is 0 Å². The van der Waals surface area contributed by atoms with Crippen LogP contribution in [-0.4, -0.2) is 86.2 Å². The van der Waals surface area contributed by atoms with E-state index in [1.807, 2.05) is 37.9 Å². The Hall–Kier alpha value is -2.30. The third kappa shape index (κ3) is 3.56. The lowest BCUT2D eigenvalue weighted by molar-refractivity contribution is 0.00826. The summed E-state index contributed by atoms with van der Waals surface area (Å²) in [6.07, 6.45) is 5.33. The number of carbonyl (C=O) groups excluding carboxylic acids is 2. The highest BCUT2D eigenvalue weighted by Gasteiger charge is 2.37. The Balaban J connectivity index is 1.15. The van der Waals surface area contributed by atoms with Gasteiger partial charge < -0.3 is 14.2 Å². The number of halogens is 1. The van der Waals surface area contributed by atoms with Gasteiger partial charge in [-0.15, -0.1) is 11.3 Å². The molecule has 0 aromatic carbocycles. The molecule has 0 spiro atoms. The number of hydrogen-bond donors (Lipinski definition) is 0. The standard InChI is InChI=1S/C19H19BrN6O2S/c20-13-1-2-16-22-15(12-25(16)9-13)18(27)26-10-14(11-26)23-4-6-24(7-5-23)19(28)17-21-3-8-29-17/h1-3,8-9,12,14H,4-7,10-11H2. The molecular formula is C19H19BrN6O2S. The first-order valence-corrected chi connectivity index (χ1v) is 11.1. The molecule has 5 rings (SSSR count). The number of imidazole rings is 1. The van der Waals surface area contributed by atoms with E-state index < -0.39 is 0 Å².